The van der Waals surface area contributed by atoms with Crippen LogP contribution in [0.15, 0.2) is 24.3 Å². The molecule has 6 atom stereocenters. The SMILES string of the molecule is CCCCN1CC=C[C@]23O[C@@]4(CC)/C=C\CCCOC(=O)[C@H]4[C@H]2C(=O)N([C@@H](CO)CC(C)C)C3C1=O. The second-order valence-corrected chi connectivity index (χ2v) is 11.1. The number of carbonyl (C=O) groups is 3. The zero-order chi connectivity index (χ0) is 26.1. The quantitative estimate of drug-likeness (QED) is 0.405. The standard InChI is InChI=1S/C28H42N2O6/c1-5-7-14-29-15-11-13-28-21(22-26(34)35-16-10-8-9-12-27(22,6-2)36-28)24(32)30(23(28)25(29)33)20(18-31)17-19(3)4/h9,11-13,19-23,31H,5-8,10,14-18H2,1-4H3/b12-9-/t20-,21+,22-,23?,27+,28+/m1/s1. The van der Waals surface area contributed by atoms with Crippen LogP contribution < -0.4 is 0 Å². The molecule has 4 rings (SSSR count). The van der Waals surface area contributed by atoms with Gasteiger partial charge in [-0.05, 0) is 38.0 Å². The minimum atomic E-state index is -1.30. The highest BCUT2D eigenvalue weighted by Gasteiger charge is 2.75. The first-order chi connectivity index (χ1) is 17.3. The van der Waals surface area contributed by atoms with Crippen molar-refractivity contribution in [2.24, 2.45) is 17.8 Å². The van der Waals surface area contributed by atoms with Gasteiger partial charge in [0.25, 0.3) is 0 Å². The first-order valence-electron chi connectivity index (χ1n) is 13.7. The second-order valence-electron chi connectivity index (χ2n) is 11.1. The fourth-order valence-corrected chi connectivity index (χ4v) is 6.62. The summed E-state index contributed by atoms with van der Waals surface area (Å²) < 4.78 is 12.6. The van der Waals surface area contributed by atoms with Gasteiger partial charge in [0.05, 0.1) is 25.2 Å². The number of aliphatic hydroxyl groups excluding tert-OH is 1. The van der Waals surface area contributed by atoms with E-state index in [1.165, 1.54) is 0 Å². The topological polar surface area (TPSA) is 96.4 Å². The van der Waals surface area contributed by atoms with Crippen LogP contribution in [0.1, 0.15) is 66.2 Å². The molecule has 0 aliphatic carbocycles. The minimum absolute atomic E-state index is 0.179. The molecule has 4 aliphatic rings. The summed E-state index contributed by atoms with van der Waals surface area (Å²) in [6, 6.07) is -1.49. The largest absolute Gasteiger partial charge is 0.465 e. The average molecular weight is 503 g/mol. The van der Waals surface area contributed by atoms with Crippen molar-refractivity contribution >= 4 is 17.8 Å². The Labute approximate surface area is 214 Å². The summed E-state index contributed by atoms with van der Waals surface area (Å²) in [5.41, 5.74) is -2.34. The van der Waals surface area contributed by atoms with Gasteiger partial charge in [-0.25, -0.2) is 0 Å². The van der Waals surface area contributed by atoms with Gasteiger partial charge >= 0.3 is 5.97 Å². The van der Waals surface area contributed by atoms with E-state index in [0.717, 1.165) is 19.3 Å². The van der Waals surface area contributed by atoms with Crippen LogP contribution in [0.25, 0.3) is 0 Å². The van der Waals surface area contributed by atoms with Crippen molar-refractivity contribution in [3.8, 4) is 0 Å². The third kappa shape index (κ3) is 4.30. The summed E-state index contributed by atoms with van der Waals surface area (Å²) in [4.78, 5) is 45.4. The van der Waals surface area contributed by atoms with Crippen LogP contribution in [0.3, 0.4) is 0 Å². The zero-order valence-corrected chi connectivity index (χ0v) is 22.2. The van der Waals surface area contributed by atoms with Gasteiger partial charge in [0.2, 0.25) is 11.8 Å². The lowest BCUT2D eigenvalue weighted by atomic mass is 9.73. The number of ether oxygens (including phenoxy) is 2. The average Bonchev–Trinajstić information content (AvgIpc) is 3.24. The Morgan fingerprint density at radius 1 is 1.11 bits per heavy atom. The highest BCUT2D eigenvalue weighted by molar-refractivity contribution is 5.99. The molecule has 0 aromatic rings. The maximum absolute atomic E-state index is 14.3. The molecule has 2 amide bonds. The summed E-state index contributed by atoms with van der Waals surface area (Å²) >= 11 is 0. The number of carbonyl (C=O) groups excluding carboxylic acids is 3. The highest BCUT2D eigenvalue weighted by atomic mass is 16.6. The predicted octanol–water partition coefficient (Wildman–Crippen LogP) is 2.85. The molecule has 2 saturated heterocycles. The van der Waals surface area contributed by atoms with Crippen LogP contribution in [0.4, 0.5) is 0 Å². The molecule has 2 fully saturated rings. The van der Waals surface area contributed by atoms with Gasteiger partial charge in [0.1, 0.15) is 23.2 Å². The number of aliphatic hydroxyl groups is 1. The number of esters is 1. The maximum Gasteiger partial charge on any atom is 0.313 e. The summed E-state index contributed by atoms with van der Waals surface area (Å²) in [6.45, 7) is 9.11. The van der Waals surface area contributed by atoms with E-state index in [0.29, 0.717) is 32.4 Å². The van der Waals surface area contributed by atoms with Crippen molar-refractivity contribution in [3.63, 3.8) is 0 Å². The van der Waals surface area contributed by atoms with Crippen molar-refractivity contribution < 1.29 is 29.0 Å². The van der Waals surface area contributed by atoms with Crippen molar-refractivity contribution in [2.45, 2.75) is 89.5 Å². The molecule has 1 spiro atoms. The molecular formula is C28H42N2O6. The monoisotopic (exact) mass is 502 g/mol. The van der Waals surface area contributed by atoms with E-state index in [9.17, 15) is 19.5 Å². The highest BCUT2D eigenvalue weighted by Crippen LogP contribution is 2.58. The van der Waals surface area contributed by atoms with Crippen LogP contribution in [0.5, 0.6) is 0 Å². The number of hydrogen-bond donors (Lipinski definition) is 1. The van der Waals surface area contributed by atoms with Gasteiger partial charge < -0.3 is 24.4 Å². The molecule has 0 radical (unpaired) electrons. The Morgan fingerprint density at radius 2 is 1.89 bits per heavy atom. The number of allylic oxidation sites excluding steroid dienone is 1. The molecule has 0 aromatic carbocycles. The van der Waals surface area contributed by atoms with E-state index in [1.54, 1.807) is 9.80 Å². The fraction of sp³-hybridized carbons (Fsp3) is 0.750. The van der Waals surface area contributed by atoms with Gasteiger partial charge in [-0.2, -0.15) is 0 Å². The Balaban J connectivity index is 1.89. The van der Waals surface area contributed by atoms with E-state index < -0.39 is 41.1 Å². The molecule has 0 bridgehead atoms. The van der Waals surface area contributed by atoms with E-state index in [-0.39, 0.29) is 30.9 Å². The summed E-state index contributed by atoms with van der Waals surface area (Å²) in [6.07, 6.45) is 12.0. The normalized spacial score (nSPS) is 35.9. The molecule has 4 aliphatic heterocycles. The molecule has 8 heteroatoms. The molecule has 36 heavy (non-hydrogen) atoms. The fourth-order valence-electron chi connectivity index (χ4n) is 6.62. The third-order valence-electron chi connectivity index (χ3n) is 8.28. The molecule has 8 nitrogen and oxygen atoms in total. The van der Waals surface area contributed by atoms with Crippen molar-refractivity contribution in [2.75, 3.05) is 26.3 Å². The Morgan fingerprint density at radius 3 is 2.56 bits per heavy atom. The van der Waals surface area contributed by atoms with Crippen molar-refractivity contribution in [1.82, 2.24) is 9.80 Å². The van der Waals surface area contributed by atoms with E-state index in [4.69, 9.17) is 9.47 Å². The molecule has 200 valence electrons. The van der Waals surface area contributed by atoms with E-state index in [1.807, 2.05) is 45.1 Å². The number of fused-ring (bicyclic) bond motifs is 2. The van der Waals surface area contributed by atoms with Crippen LogP contribution in [-0.4, -0.2) is 82.3 Å². The van der Waals surface area contributed by atoms with Crippen molar-refractivity contribution in [3.05, 3.63) is 24.3 Å². The number of amides is 2. The van der Waals surface area contributed by atoms with Gasteiger partial charge in [0.15, 0.2) is 0 Å². The lowest BCUT2D eigenvalue weighted by Gasteiger charge is -2.41. The molecular weight excluding hydrogens is 460 g/mol. The van der Waals surface area contributed by atoms with Crippen LogP contribution in [-0.2, 0) is 23.9 Å². The maximum atomic E-state index is 14.3. The first kappa shape index (κ1) is 26.9. The Bertz CT molecular complexity index is 916. The lowest BCUT2D eigenvalue weighted by molar-refractivity contribution is -0.163. The van der Waals surface area contributed by atoms with Crippen LogP contribution in [0, 0.1) is 17.8 Å². The van der Waals surface area contributed by atoms with Gasteiger partial charge in [0, 0.05) is 13.1 Å². The van der Waals surface area contributed by atoms with E-state index in [2.05, 4.69) is 6.92 Å². The minimum Gasteiger partial charge on any atom is -0.465 e. The third-order valence-corrected chi connectivity index (χ3v) is 8.28. The zero-order valence-electron chi connectivity index (χ0n) is 22.2. The Kier molecular flexibility index (Phi) is 7.95. The van der Waals surface area contributed by atoms with Gasteiger partial charge in [-0.1, -0.05) is 58.4 Å². The number of hydrogen-bond acceptors (Lipinski definition) is 6. The summed E-state index contributed by atoms with van der Waals surface area (Å²) in [7, 11) is 0. The molecule has 0 saturated carbocycles. The summed E-state index contributed by atoms with van der Waals surface area (Å²) in [5, 5.41) is 10.4. The molecule has 0 aromatic heterocycles. The van der Waals surface area contributed by atoms with Gasteiger partial charge in [-0.3, -0.25) is 14.4 Å². The first-order valence-corrected chi connectivity index (χ1v) is 13.7. The second kappa shape index (κ2) is 10.7. The van der Waals surface area contributed by atoms with Gasteiger partial charge in [-0.15, -0.1) is 0 Å². The molecule has 1 unspecified atom stereocenters. The van der Waals surface area contributed by atoms with E-state index >= 15 is 0 Å². The van der Waals surface area contributed by atoms with Crippen LogP contribution in [0.2, 0.25) is 0 Å². The number of cyclic esters (lactones) is 1. The number of likely N-dealkylation sites (tertiary alicyclic amines) is 1. The number of nitrogens with zero attached hydrogens (tertiary/aromatic N) is 2. The number of unbranched alkanes of at least 4 members (excludes halogenated alkanes) is 1. The predicted molar refractivity (Wildman–Crippen MR) is 135 cm³/mol. The summed E-state index contributed by atoms with van der Waals surface area (Å²) in [5.74, 6) is -2.49. The lowest BCUT2D eigenvalue weighted by Crippen LogP contribution is -2.59. The smallest absolute Gasteiger partial charge is 0.313 e. The molecule has 1 N–H and O–H groups in total. The molecule has 4 heterocycles. The van der Waals surface area contributed by atoms with Crippen molar-refractivity contribution in [1.29, 1.82) is 0 Å². The van der Waals surface area contributed by atoms with Crippen LogP contribution >= 0.6 is 0 Å². The Hall–Kier alpha value is -2.19. The number of rotatable bonds is 8.